The monoisotopic (exact) mass is 275 g/mol. The van der Waals surface area contributed by atoms with Crippen molar-refractivity contribution < 1.29 is 9.47 Å². The quantitative estimate of drug-likeness (QED) is 0.935. The highest BCUT2D eigenvalue weighted by Crippen LogP contribution is 2.34. The Labute approximate surface area is 116 Å². The van der Waals surface area contributed by atoms with Gasteiger partial charge in [0, 0.05) is 11.1 Å². The molecule has 2 aromatic carbocycles. The van der Waals surface area contributed by atoms with Gasteiger partial charge >= 0.3 is 0 Å². The van der Waals surface area contributed by atoms with Crippen molar-refractivity contribution in [2.75, 3.05) is 6.79 Å². The van der Waals surface area contributed by atoms with Crippen LogP contribution in [0.25, 0.3) is 0 Å². The van der Waals surface area contributed by atoms with E-state index in [4.69, 9.17) is 26.8 Å². The zero-order valence-corrected chi connectivity index (χ0v) is 11.1. The van der Waals surface area contributed by atoms with Gasteiger partial charge in [0.15, 0.2) is 11.5 Å². The summed E-state index contributed by atoms with van der Waals surface area (Å²) >= 11 is 5.97. The summed E-state index contributed by atoms with van der Waals surface area (Å²) in [7, 11) is 0. The van der Waals surface area contributed by atoms with Crippen molar-refractivity contribution in [1.82, 2.24) is 0 Å². The van der Waals surface area contributed by atoms with E-state index in [2.05, 4.69) is 0 Å². The summed E-state index contributed by atoms with van der Waals surface area (Å²) < 4.78 is 10.6. The van der Waals surface area contributed by atoms with E-state index >= 15 is 0 Å². The van der Waals surface area contributed by atoms with E-state index in [9.17, 15) is 0 Å². The first kappa shape index (κ1) is 12.3. The highest BCUT2D eigenvalue weighted by Gasteiger charge is 2.16. The Morgan fingerprint density at radius 1 is 1.11 bits per heavy atom. The normalized spacial score (nSPS) is 14.4. The minimum atomic E-state index is -0.0898. The number of benzene rings is 2. The Morgan fingerprint density at radius 2 is 1.95 bits per heavy atom. The molecule has 1 aliphatic heterocycles. The molecule has 0 spiro atoms. The Morgan fingerprint density at radius 3 is 2.79 bits per heavy atom. The molecule has 1 aliphatic rings. The number of nitrogens with two attached hydrogens (primary N) is 1. The number of ether oxygens (including phenoxy) is 2. The van der Waals surface area contributed by atoms with E-state index in [1.165, 1.54) is 0 Å². The maximum Gasteiger partial charge on any atom is 0.231 e. The third-order valence-electron chi connectivity index (χ3n) is 3.17. The van der Waals surface area contributed by atoms with Crippen LogP contribution in [0.1, 0.15) is 17.2 Å². The molecule has 1 heterocycles. The highest BCUT2D eigenvalue weighted by atomic mass is 35.5. The fraction of sp³-hybridized carbons (Fsp3) is 0.200. The fourth-order valence-electron chi connectivity index (χ4n) is 2.18. The largest absolute Gasteiger partial charge is 0.454 e. The Kier molecular flexibility index (Phi) is 3.32. The van der Waals surface area contributed by atoms with Gasteiger partial charge in [0.2, 0.25) is 6.79 Å². The van der Waals surface area contributed by atoms with Gasteiger partial charge in [-0.1, -0.05) is 29.8 Å². The second kappa shape index (κ2) is 5.11. The van der Waals surface area contributed by atoms with Gasteiger partial charge in [-0.2, -0.15) is 0 Å². The van der Waals surface area contributed by atoms with E-state index in [-0.39, 0.29) is 12.8 Å². The van der Waals surface area contributed by atoms with Crippen molar-refractivity contribution in [2.24, 2.45) is 5.73 Å². The van der Waals surface area contributed by atoms with Gasteiger partial charge in [-0.3, -0.25) is 0 Å². The molecule has 0 radical (unpaired) electrons. The standard InChI is InChI=1S/C15H14ClNO2/c16-12-3-1-2-10(6-12)7-13(17)11-4-5-14-15(8-11)19-9-18-14/h1-6,8,13H,7,9,17H2. The summed E-state index contributed by atoms with van der Waals surface area (Å²) in [6, 6.07) is 13.5. The first-order chi connectivity index (χ1) is 9.22. The van der Waals surface area contributed by atoms with Crippen LogP contribution in [0.4, 0.5) is 0 Å². The third kappa shape index (κ3) is 2.67. The lowest BCUT2D eigenvalue weighted by Crippen LogP contribution is -2.13. The molecule has 3 rings (SSSR count). The summed E-state index contributed by atoms with van der Waals surface area (Å²) in [4.78, 5) is 0. The molecule has 19 heavy (non-hydrogen) atoms. The molecular weight excluding hydrogens is 262 g/mol. The second-order valence-corrected chi connectivity index (χ2v) is 4.99. The molecule has 0 amide bonds. The van der Waals surface area contributed by atoms with Crippen LogP contribution in [0.15, 0.2) is 42.5 Å². The van der Waals surface area contributed by atoms with Crippen molar-refractivity contribution in [3.8, 4) is 11.5 Å². The van der Waals surface area contributed by atoms with Crippen molar-refractivity contribution in [3.05, 3.63) is 58.6 Å². The van der Waals surface area contributed by atoms with Crippen molar-refractivity contribution in [2.45, 2.75) is 12.5 Å². The van der Waals surface area contributed by atoms with Crippen molar-refractivity contribution in [1.29, 1.82) is 0 Å². The molecule has 0 aromatic heterocycles. The van der Waals surface area contributed by atoms with Gasteiger partial charge < -0.3 is 15.2 Å². The molecule has 3 nitrogen and oxygen atoms in total. The zero-order valence-electron chi connectivity index (χ0n) is 10.3. The first-order valence-corrected chi connectivity index (χ1v) is 6.50. The Balaban J connectivity index is 1.78. The van der Waals surface area contributed by atoms with E-state index in [0.717, 1.165) is 34.1 Å². The minimum absolute atomic E-state index is 0.0898. The van der Waals surface area contributed by atoms with Gasteiger partial charge in [0.1, 0.15) is 0 Å². The summed E-state index contributed by atoms with van der Waals surface area (Å²) in [5.74, 6) is 1.54. The average Bonchev–Trinajstić information content (AvgIpc) is 2.85. The zero-order chi connectivity index (χ0) is 13.2. The molecular formula is C15H14ClNO2. The van der Waals surface area contributed by atoms with Crippen LogP contribution < -0.4 is 15.2 Å². The maximum atomic E-state index is 6.23. The summed E-state index contributed by atoms with van der Waals surface area (Å²) in [6.07, 6.45) is 0.736. The van der Waals surface area contributed by atoms with Crippen LogP contribution in [0.5, 0.6) is 11.5 Å². The lowest BCUT2D eigenvalue weighted by Gasteiger charge is -2.13. The van der Waals surface area contributed by atoms with Crippen LogP contribution in [0.3, 0.4) is 0 Å². The predicted molar refractivity (Wildman–Crippen MR) is 74.6 cm³/mol. The summed E-state index contributed by atoms with van der Waals surface area (Å²) in [5.41, 5.74) is 8.39. The van der Waals surface area contributed by atoms with Crippen molar-refractivity contribution in [3.63, 3.8) is 0 Å². The van der Waals surface area contributed by atoms with Gasteiger partial charge in [0.25, 0.3) is 0 Å². The van der Waals surface area contributed by atoms with Crippen LogP contribution in [0, 0.1) is 0 Å². The van der Waals surface area contributed by atoms with Crippen LogP contribution >= 0.6 is 11.6 Å². The minimum Gasteiger partial charge on any atom is -0.454 e. The summed E-state index contributed by atoms with van der Waals surface area (Å²) in [6.45, 7) is 0.280. The highest BCUT2D eigenvalue weighted by molar-refractivity contribution is 6.30. The molecule has 1 atom stereocenters. The average molecular weight is 276 g/mol. The molecule has 0 bridgehead atoms. The van der Waals surface area contributed by atoms with E-state index < -0.39 is 0 Å². The van der Waals surface area contributed by atoms with E-state index in [1.807, 2.05) is 42.5 Å². The SMILES string of the molecule is NC(Cc1cccc(Cl)c1)c1ccc2c(c1)OCO2. The van der Waals surface area contributed by atoms with E-state index in [1.54, 1.807) is 0 Å². The second-order valence-electron chi connectivity index (χ2n) is 4.55. The van der Waals surface area contributed by atoms with Crippen LogP contribution in [-0.2, 0) is 6.42 Å². The van der Waals surface area contributed by atoms with Gasteiger partial charge in [-0.15, -0.1) is 0 Å². The van der Waals surface area contributed by atoms with E-state index in [0.29, 0.717) is 0 Å². The molecule has 0 aliphatic carbocycles. The van der Waals surface area contributed by atoms with Crippen LogP contribution in [0.2, 0.25) is 5.02 Å². The number of halogens is 1. The molecule has 1 unspecified atom stereocenters. The van der Waals surface area contributed by atoms with Crippen molar-refractivity contribution >= 4 is 11.6 Å². The Bertz CT molecular complexity index is 600. The number of hydrogen-bond donors (Lipinski definition) is 1. The molecule has 2 aromatic rings. The maximum absolute atomic E-state index is 6.23. The lowest BCUT2D eigenvalue weighted by atomic mass is 9.99. The van der Waals surface area contributed by atoms with Crippen LogP contribution in [-0.4, -0.2) is 6.79 Å². The molecule has 4 heteroatoms. The van der Waals surface area contributed by atoms with Gasteiger partial charge in [-0.25, -0.2) is 0 Å². The molecule has 0 saturated heterocycles. The van der Waals surface area contributed by atoms with Gasteiger partial charge in [-0.05, 0) is 41.8 Å². The number of rotatable bonds is 3. The van der Waals surface area contributed by atoms with Gasteiger partial charge in [0.05, 0.1) is 0 Å². The molecule has 0 fully saturated rings. The first-order valence-electron chi connectivity index (χ1n) is 6.12. The predicted octanol–water partition coefficient (Wildman–Crippen LogP) is 3.31. The smallest absolute Gasteiger partial charge is 0.231 e. The fourth-order valence-corrected chi connectivity index (χ4v) is 2.39. The Hall–Kier alpha value is -1.71. The topological polar surface area (TPSA) is 44.5 Å². The third-order valence-corrected chi connectivity index (χ3v) is 3.40. The number of hydrogen-bond acceptors (Lipinski definition) is 3. The lowest BCUT2D eigenvalue weighted by molar-refractivity contribution is 0.174. The number of fused-ring (bicyclic) bond motifs is 1. The molecule has 98 valence electrons. The molecule has 0 saturated carbocycles. The molecule has 2 N–H and O–H groups in total. The summed E-state index contributed by atoms with van der Waals surface area (Å²) in [5, 5.41) is 0.732.